The van der Waals surface area contributed by atoms with Gasteiger partial charge < -0.3 is 5.32 Å². The fourth-order valence-electron chi connectivity index (χ4n) is 1.84. The summed E-state index contributed by atoms with van der Waals surface area (Å²) >= 11 is 5.99. The predicted octanol–water partition coefficient (Wildman–Crippen LogP) is 2.20. The second kappa shape index (κ2) is 5.37. The highest BCUT2D eigenvalue weighted by atomic mass is 35.5. The summed E-state index contributed by atoms with van der Waals surface area (Å²) < 4.78 is 1.63. The van der Waals surface area contributed by atoms with Crippen LogP contribution >= 0.6 is 11.6 Å². The third-order valence-electron chi connectivity index (χ3n) is 2.76. The van der Waals surface area contributed by atoms with Gasteiger partial charge in [0, 0.05) is 17.4 Å². The molecule has 3 aromatic rings. The Morgan fingerprint density at radius 2 is 2.29 bits per heavy atom. The topological polar surface area (TPSA) is 88.5 Å². The Hall–Kier alpha value is -2.67. The van der Waals surface area contributed by atoms with Gasteiger partial charge in [0.2, 0.25) is 5.82 Å². The van der Waals surface area contributed by atoms with Gasteiger partial charge in [0.25, 0.3) is 5.91 Å². The average molecular weight is 303 g/mol. The third kappa shape index (κ3) is 2.77. The van der Waals surface area contributed by atoms with Crippen LogP contribution in [0.4, 0.5) is 5.69 Å². The van der Waals surface area contributed by atoms with Crippen LogP contribution in [0.15, 0.2) is 36.7 Å². The van der Waals surface area contributed by atoms with Crippen molar-refractivity contribution >= 4 is 23.2 Å². The number of nitrogens with one attached hydrogen (secondary N) is 2. The molecule has 0 bridgehead atoms. The normalized spacial score (nSPS) is 10.6. The molecule has 0 atom stereocenters. The Morgan fingerprint density at radius 3 is 2.95 bits per heavy atom. The van der Waals surface area contributed by atoms with Gasteiger partial charge in [0.15, 0.2) is 0 Å². The Bertz CT molecular complexity index is 780. The lowest BCUT2D eigenvalue weighted by atomic mass is 10.2. The summed E-state index contributed by atoms with van der Waals surface area (Å²) in [7, 11) is 0. The van der Waals surface area contributed by atoms with Crippen molar-refractivity contribution in [1.82, 2.24) is 25.0 Å². The molecule has 2 aromatic heterocycles. The number of rotatable bonds is 3. The van der Waals surface area contributed by atoms with Crippen molar-refractivity contribution in [3.63, 3.8) is 0 Å². The molecule has 2 N–H and O–H groups in total. The number of amides is 1. The molecule has 0 saturated carbocycles. The molecule has 0 unspecified atom stereocenters. The van der Waals surface area contributed by atoms with Crippen molar-refractivity contribution in [3.05, 3.63) is 53.3 Å². The first-order valence-corrected chi connectivity index (χ1v) is 6.51. The van der Waals surface area contributed by atoms with E-state index in [-0.39, 0.29) is 5.82 Å². The number of anilines is 1. The molecule has 1 aromatic carbocycles. The van der Waals surface area contributed by atoms with Crippen LogP contribution in [0.3, 0.4) is 0 Å². The van der Waals surface area contributed by atoms with E-state index < -0.39 is 5.91 Å². The molecule has 0 radical (unpaired) electrons. The lowest BCUT2D eigenvalue weighted by Gasteiger charge is -2.10. The zero-order valence-corrected chi connectivity index (χ0v) is 11.8. The second-order valence-corrected chi connectivity index (χ2v) is 4.75. The minimum absolute atomic E-state index is 0.0684. The van der Waals surface area contributed by atoms with Crippen LogP contribution in [0.1, 0.15) is 16.4 Å². The average Bonchev–Trinajstić information content (AvgIpc) is 3.10. The van der Waals surface area contributed by atoms with Crippen molar-refractivity contribution in [1.29, 1.82) is 0 Å². The molecule has 7 nitrogen and oxygen atoms in total. The van der Waals surface area contributed by atoms with Gasteiger partial charge in [-0.25, -0.2) is 9.67 Å². The minimum atomic E-state index is -0.421. The fraction of sp³-hybridized carbons (Fsp3) is 0.0769. The van der Waals surface area contributed by atoms with Crippen LogP contribution in [-0.2, 0) is 0 Å². The van der Waals surface area contributed by atoms with Gasteiger partial charge in [-0.2, -0.15) is 5.10 Å². The number of hydrogen-bond donors (Lipinski definition) is 2. The molecule has 0 aliphatic heterocycles. The Morgan fingerprint density at radius 1 is 1.43 bits per heavy atom. The molecule has 8 heteroatoms. The lowest BCUT2D eigenvalue weighted by Crippen LogP contribution is -2.15. The van der Waals surface area contributed by atoms with Crippen LogP contribution in [0, 0.1) is 6.92 Å². The third-order valence-corrected chi connectivity index (χ3v) is 2.99. The number of aryl methyl sites for hydroxylation is 1. The van der Waals surface area contributed by atoms with E-state index >= 15 is 0 Å². The first-order chi connectivity index (χ1) is 10.1. The van der Waals surface area contributed by atoms with E-state index in [1.807, 2.05) is 0 Å². The fourth-order valence-corrected chi connectivity index (χ4v) is 2.01. The number of aromatic nitrogens is 5. The van der Waals surface area contributed by atoms with Crippen LogP contribution in [0.25, 0.3) is 5.69 Å². The summed E-state index contributed by atoms with van der Waals surface area (Å²) in [6, 6.07) is 6.94. The summed E-state index contributed by atoms with van der Waals surface area (Å²) in [5, 5.41) is 13.8. The van der Waals surface area contributed by atoms with E-state index in [4.69, 9.17) is 11.6 Å². The molecule has 2 heterocycles. The van der Waals surface area contributed by atoms with Gasteiger partial charge in [-0.15, -0.1) is 5.10 Å². The van der Waals surface area contributed by atoms with Crippen LogP contribution < -0.4 is 5.32 Å². The van der Waals surface area contributed by atoms with E-state index in [0.717, 1.165) is 0 Å². The number of hydrogen-bond acceptors (Lipinski definition) is 4. The molecule has 1 amide bonds. The smallest absolute Gasteiger partial charge is 0.295 e. The first kappa shape index (κ1) is 13.3. The predicted molar refractivity (Wildman–Crippen MR) is 77.6 cm³/mol. The van der Waals surface area contributed by atoms with E-state index in [1.165, 1.54) is 0 Å². The number of nitrogens with zero attached hydrogens (tertiary/aromatic N) is 4. The van der Waals surface area contributed by atoms with Crippen molar-refractivity contribution in [2.24, 2.45) is 0 Å². The number of benzene rings is 1. The first-order valence-electron chi connectivity index (χ1n) is 6.13. The van der Waals surface area contributed by atoms with Crippen LogP contribution in [0.5, 0.6) is 0 Å². The van der Waals surface area contributed by atoms with Gasteiger partial charge in [0.1, 0.15) is 5.82 Å². The molecule has 0 spiro atoms. The molecular weight excluding hydrogens is 292 g/mol. The number of carbonyl (C=O) groups excluding carboxylic acids is 1. The molecule has 0 fully saturated rings. The second-order valence-electron chi connectivity index (χ2n) is 4.31. The molecule has 0 aliphatic carbocycles. The molecule has 3 rings (SSSR count). The van der Waals surface area contributed by atoms with Crippen LogP contribution in [-0.4, -0.2) is 30.9 Å². The van der Waals surface area contributed by atoms with Gasteiger partial charge in [-0.1, -0.05) is 11.6 Å². The molecule has 106 valence electrons. The Kier molecular flexibility index (Phi) is 3.41. The number of carbonyl (C=O) groups is 1. The highest BCUT2D eigenvalue weighted by Crippen LogP contribution is 2.24. The van der Waals surface area contributed by atoms with Gasteiger partial charge in [-0.05, 0) is 31.2 Å². The maximum atomic E-state index is 12.1. The van der Waals surface area contributed by atoms with E-state index in [9.17, 15) is 4.79 Å². The summed E-state index contributed by atoms with van der Waals surface area (Å²) in [6.07, 6.45) is 3.43. The Balaban J connectivity index is 1.94. The summed E-state index contributed by atoms with van der Waals surface area (Å²) in [5.74, 6) is 0.215. The maximum Gasteiger partial charge on any atom is 0.295 e. The largest absolute Gasteiger partial charge is 0.317 e. The monoisotopic (exact) mass is 302 g/mol. The molecule has 21 heavy (non-hydrogen) atoms. The van der Waals surface area contributed by atoms with Gasteiger partial charge >= 0.3 is 0 Å². The summed E-state index contributed by atoms with van der Waals surface area (Å²) in [6.45, 7) is 1.72. The van der Waals surface area contributed by atoms with E-state index in [0.29, 0.717) is 22.2 Å². The number of H-pyrrole nitrogens is 1. The van der Waals surface area contributed by atoms with Crippen molar-refractivity contribution < 1.29 is 4.79 Å². The standard InChI is InChI=1S/C13H11ClN6O/c1-8-16-12(19-18-8)13(21)17-10-7-9(14)3-4-11(10)20-6-2-5-15-20/h2-7H,1H3,(H,17,21)(H,16,18,19). The van der Waals surface area contributed by atoms with Gasteiger partial charge in [0.05, 0.1) is 11.4 Å². The maximum absolute atomic E-state index is 12.1. The minimum Gasteiger partial charge on any atom is -0.317 e. The number of aromatic amines is 1. The molecular formula is C13H11ClN6O. The summed E-state index contributed by atoms with van der Waals surface area (Å²) in [4.78, 5) is 16.1. The zero-order chi connectivity index (χ0) is 14.8. The lowest BCUT2D eigenvalue weighted by molar-refractivity contribution is 0.101. The van der Waals surface area contributed by atoms with Crippen molar-refractivity contribution in [3.8, 4) is 5.69 Å². The van der Waals surface area contributed by atoms with E-state index in [1.54, 1.807) is 48.3 Å². The van der Waals surface area contributed by atoms with Crippen molar-refractivity contribution in [2.75, 3.05) is 5.32 Å². The Labute approximate surface area is 125 Å². The van der Waals surface area contributed by atoms with Crippen LogP contribution in [0.2, 0.25) is 5.02 Å². The van der Waals surface area contributed by atoms with Crippen molar-refractivity contribution in [2.45, 2.75) is 6.92 Å². The zero-order valence-electron chi connectivity index (χ0n) is 11.0. The number of halogens is 1. The van der Waals surface area contributed by atoms with E-state index in [2.05, 4.69) is 25.6 Å². The SMILES string of the molecule is Cc1nc(C(=O)Nc2cc(Cl)ccc2-n2cccn2)n[nH]1. The highest BCUT2D eigenvalue weighted by Gasteiger charge is 2.14. The quantitative estimate of drug-likeness (QED) is 0.776. The highest BCUT2D eigenvalue weighted by molar-refractivity contribution is 6.31. The summed E-state index contributed by atoms with van der Waals surface area (Å²) in [5.41, 5.74) is 1.23. The molecule has 0 saturated heterocycles. The van der Waals surface area contributed by atoms with Gasteiger partial charge in [-0.3, -0.25) is 9.89 Å². The molecule has 0 aliphatic rings.